The maximum absolute atomic E-state index is 13.4. The standard InChI is InChI=1S/C30H35ClN4O3/c1-19-15-26(35(34-19)29(3,4)5)27(36)38-30(6,7)28(37)33-20(2)25(17-21-11-13-24(31)14-12-21)23-10-8-9-22(16-23)18-32/h8-16,20,25H,17H2,1-7H3,(H,33,37)/t20-,25+/m0/s1. The van der Waals surface area contributed by atoms with Crippen molar-refractivity contribution in [3.8, 4) is 6.07 Å². The van der Waals surface area contributed by atoms with Crippen LogP contribution in [-0.2, 0) is 21.5 Å². The van der Waals surface area contributed by atoms with Gasteiger partial charge in [0, 0.05) is 17.0 Å². The number of benzene rings is 2. The van der Waals surface area contributed by atoms with Crippen LogP contribution in [0.4, 0.5) is 0 Å². The van der Waals surface area contributed by atoms with Gasteiger partial charge >= 0.3 is 5.97 Å². The molecule has 0 bridgehead atoms. The molecule has 7 nitrogen and oxygen atoms in total. The fourth-order valence-corrected chi connectivity index (χ4v) is 4.39. The van der Waals surface area contributed by atoms with Gasteiger partial charge in [0.15, 0.2) is 5.60 Å². The van der Waals surface area contributed by atoms with Gasteiger partial charge in [-0.05, 0) is 96.3 Å². The molecule has 0 saturated heterocycles. The first-order chi connectivity index (χ1) is 17.7. The predicted octanol–water partition coefficient (Wildman–Crippen LogP) is 5.94. The molecule has 0 spiro atoms. The average Bonchev–Trinajstić information content (AvgIpc) is 3.26. The number of rotatable bonds is 8. The van der Waals surface area contributed by atoms with Crippen molar-refractivity contribution in [3.05, 3.63) is 87.7 Å². The molecule has 0 aliphatic carbocycles. The van der Waals surface area contributed by atoms with Gasteiger partial charge in [0.1, 0.15) is 5.69 Å². The van der Waals surface area contributed by atoms with Crippen molar-refractivity contribution in [2.24, 2.45) is 0 Å². The zero-order valence-corrected chi connectivity index (χ0v) is 23.8. The molecule has 3 aromatic rings. The molecule has 1 aromatic heterocycles. The first-order valence-electron chi connectivity index (χ1n) is 12.6. The molecule has 0 fully saturated rings. The van der Waals surface area contributed by atoms with Gasteiger partial charge in [0.25, 0.3) is 5.91 Å². The second kappa shape index (κ2) is 11.4. The minimum Gasteiger partial charge on any atom is -0.445 e. The van der Waals surface area contributed by atoms with E-state index in [0.29, 0.717) is 22.7 Å². The number of amides is 1. The lowest BCUT2D eigenvalue weighted by atomic mass is 9.85. The summed E-state index contributed by atoms with van der Waals surface area (Å²) in [4.78, 5) is 26.5. The van der Waals surface area contributed by atoms with E-state index in [0.717, 1.165) is 11.1 Å². The number of aryl methyl sites for hydroxylation is 1. The molecule has 2 atom stereocenters. The van der Waals surface area contributed by atoms with E-state index < -0.39 is 23.0 Å². The molecular formula is C30H35ClN4O3. The molecule has 1 N–H and O–H groups in total. The first kappa shape index (κ1) is 28.9. The number of nitrogens with zero attached hydrogens (tertiary/aromatic N) is 3. The van der Waals surface area contributed by atoms with Crippen LogP contribution in [0.15, 0.2) is 54.6 Å². The Morgan fingerprint density at radius 1 is 1.11 bits per heavy atom. The number of nitrogens with one attached hydrogen (secondary N) is 1. The van der Waals surface area contributed by atoms with E-state index in [9.17, 15) is 14.9 Å². The molecular weight excluding hydrogens is 500 g/mol. The molecule has 0 radical (unpaired) electrons. The largest absolute Gasteiger partial charge is 0.445 e. The van der Waals surface area contributed by atoms with Gasteiger partial charge in [-0.3, -0.25) is 9.48 Å². The fraction of sp³-hybridized carbons (Fsp3) is 0.400. The number of hydrogen-bond acceptors (Lipinski definition) is 5. The Morgan fingerprint density at radius 3 is 2.37 bits per heavy atom. The van der Waals surface area contributed by atoms with Crippen LogP contribution < -0.4 is 5.32 Å². The molecule has 1 amide bonds. The summed E-state index contributed by atoms with van der Waals surface area (Å²) in [5, 5.41) is 17.5. The Morgan fingerprint density at radius 2 is 1.76 bits per heavy atom. The van der Waals surface area contributed by atoms with Crippen LogP contribution in [0.2, 0.25) is 5.02 Å². The molecule has 2 aromatic carbocycles. The normalized spacial score (nSPS) is 13.3. The van der Waals surface area contributed by atoms with Crippen molar-refractivity contribution in [2.45, 2.75) is 78.0 Å². The summed E-state index contributed by atoms with van der Waals surface area (Å²) in [5.74, 6) is -1.19. The number of carbonyl (C=O) groups is 2. The molecule has 38 heavy (non-hydrogen) atoms. The lowest BCUT2D eigenvalue weighted by Crippen LogP contribution is -2.50. The van der Waals surface area contributed by atoms with Crippen LogP contribution in [0, 0.1) is 18.3 Å². The van der Waals surface area contributed by atoms with Crippen molar-refractivity contribution < 1.29 is 14.3 Å². The Balaban J connectivity index is 1.82. The molecule has 1 heterocycles. The number of ether oxygens (including phenoxy) is 1. The number of esters is 1. The summed E-state index contributed by atoms with van der Waals surface area (Å²) in [6.07, 6.45) is 0.609. The Hall–Kier alpha value is -3.63. The van der Waals surface area contributed by atoms with Crippen molar-refractivity contribution in [1.29, 1.82) is 5.26 Å². The summed E-state index contributed by atoms with van der Waals surface area (Å²) in [6.45, 7) is 12.7. The van der Waals surface area contributed by atoms with E-state index in [4.69, 9.17) is 16.3 Å². The quantitative estimate of drug-likeness (QED) is 0.361. The van der Waals surface area contributed by atoms with Crippen molar-refractivity contribution in [3.63, 3.8) is 0 Å². The van der Waals surface area contributed by atoms with Gasteiger partial charge < -0.3 is 10.1 Å². The second-order valence-corrected chi connectivity index (χ2v) is 11.5. The van der Waals surface area contributed by atoms with Gasteiger partial charge in [-0.25, -0.2) is 4.79 Å². The predicted molar refractivity (Wildman–Crippen MR) is 148 cm³/mol. The summed E-state index contributed by atoms with van der Waals surface area (Å²) in [5.41, 5.74) is 1.61. The zero-order chi connectivity index (χ0) is 28.3. The summed E-state index contributed by atoms with van der Waals surface area (Å²) >= 11 is 6.07. The fourth-order valence-electron chi connectivity index (χ4n) is 4.26. The first-order valence-corrected chi connectivity index (χ1v) is 12.9. The van der Waals surface area contributed by atoms with Gasteiger partial charge in [0.05, 0.1) is 22.9 Å². The summed E-state index contributed by atoms with van der Waals surface area (Å²) in [6, 6.07) is 18.4. The molecule has 3 rings (SSSR count). The third kappa shape index (κ3) is 7.02. The molecule has 0 aliphatic rings. The van der Waals surface area contributed by atoms with E-state index in [1.807, 2.05) is 70.2 Å². The monoisotopic (exact) mass is 534 g/mol. The molecule has 0 unspecified atom stereocenters. The zero-order valence-electron chi connectivity index (χ0n) is 23.0. The van der Waals surface area contributed by atoms with E-state index in [1.165, 1.54) is 0 Å². The maximum atomic E-state index is 13.4. The number of hydrogen-bond donors (Lipinski definition) is 1. The van der Waals surface area contributed by atoms with E-state index >= 15 is 0 Å². The third-order valence-corrected chi connectivity index (χ3v) is 6.60. The highest BCUT2D eigenvalue weighted by Gasteiger charge is 2.36. The smallest absolute Gasteiger partial charge is 0.357 e. The molecule has 0 aliphatic heterocycles. The van der Waals surface area contributed by atoms with Gasteiger partial charge in [-0.2, -0.15) is 10.4 Å². The average molecular weight is 535 g/mol. The van der Waals surface area contributed by atoms with Crippen LogP contribution in [0.1, 0.15) is 80.3 Å². The van der Waals surface area contributed by atoms with Gasteiger partial charge in [-0.1, -0.05) is 35.9 Å². The Bertz CT molecular complexity index is 1350. The van der Waals surface area contributed by atoms with Gasteiger partial charge in [-0.15, -0.1) is 0 Å². The van der Waals surface area contributed by atoms with E-state index in [2.05, 4.69) is 16.5 Å². The van der Waals surface area contributed by atoms with E-state index in [1.54, 1.807) is 37.6 Å². The van der Waals surface area contributed by atoms with Gasteiger partial charge in [0.2, 0.25) is 0 Å². The highest BCUT2D eigenvalue weighted by atomic mass is 35.5. The number of halogens is 1. The van der Waals surface area contributed by atoms with E-state index in [-0.39, 0.29) is 17.7 Å². The maximum Gasteiger partial charge on any atom is 0.357 e. The summed E-state index contributed by atoms with van der Waals surface area (Å²) < 4.78 is 7.34. The van der Waals surface area contributed by atoms with Crippen LogP contribution in [0.3, 0.4) is 0 Å². The van der Waals surface area contributed by atoms with Crippen LogP contribution in [0.5, 0.6) is 0 Å². The van der Waals surface area contributed by atoms with Crippen LogP contribution in [-0.4, -0.2) is 33.3 Å². The minimum absolute atomic E-state index is 0.148. The third-order valence-electron chi connectivity index (χ3n) is 6.35. The Kier molecular flexibility index (Phi) is 8.68. The lowest BCUT2D eigenvalue weighted by molar-refractivity contribution is -0.138. The second-order valence-electron chi connectivity index (χ2n) is 11.1. The highest BCUT2D eigenvalue weighted by Crippen LogP contribution is 2.27. The van der Waals surface area contributed by atoms with Crippen LogP contribution >= 0.6 is 11.6 Å². The van der Waals surface area contributed by atoms with Crippen LogP contribution in [0.25, 0.3) is 0 Å². The number of aromatic nitrogens is 2. The molecule has 8 heteroatoms. The lowest BCUT2D eigenvalue weighted by Gasteiger charge is -2.31. The van der Waals surface area contributed by atoms with Crippen molar-refractivity contribution in [1.82, 2.24) is 15.1 Å². The highest BCUT2D eigenvalue weighted by molar-refractivity contribution is 6.30. The molecule has 0 saturated carbocycles. The number of carbonyl (C=O) groups excluding carboxylic acids is 2. The van der Waals surface area contributed by atoms with Crippen molar-refractivity contribution in [2.75, 3.05) is 0 Å². The Labute approximate surface area is 229 Å². The van der Waals surface area contributed by atoms with Crippen molar-refractivity contribution >= 4 is 23.5 Å². The SMILES string of the molecule is Cc1cc(C(=O)OC(C)(C)C(=O)N[C@@H](C)[C@@H](Cc2ccc(Cl)cc2)c2cccc(C#N)c2)n(C(C)(C)C)n1. The topological polar surface area (TPSA) is 97.0 Å². The minimum atomic E-state index is -1.44. The number of nitriles is 1. The summed E-state index contributed by atoms with van der Waals surface area (Å²) in [7, 11) is 0. The molecule has 200 valence electrons.